The van der Waals surface area contributed by atoms with Crippen molar-refractivity contribution < 1.29 is 9.63 Å². The summed E-state index contributed by atoms with van der Waals surface area (Å²) in [5.41, 5.74) is 3.68. The topological polar surface area (TPSA) is 71.2 Å². The quantitative estimate of drug-likeness (QED) is 0.830. The molecule has 4 rings (SSSR count). The maximum Gasteiger partial charge on any atom is 0.226 e. The molecule has 5 heteroatoms. The van der Waals surface area contributed by atoms with E-state index < -0.39 is 6.23 Å². The van der Waals surface area contributed by atoms with Crippen LogP contribution in [0, 0.1) is 5.41 Å². The molecule has 23 heavy (non-hydrogen) atoms. The summed E-state index contributed by atoms with van der Waals surface area (Å²) in [5.74, 6) is 1.33. The zero-order chi connectivity index (χ0) is 16.0. The van der Waals surface area contributed by atoms with E-state index in [0.717, 1.165) is 37.7 Å². The van der Waals surface area contributed by atoms with Gasteiger partial charge in [0, 0.05) is 23.4 Å². The first-order valence-electron chi connectivity index (χ1n) is 8.49. The fourth-order valence-electron chi connectivity index (χ4n) is 3.31. The van der Waals surface area contributed by atoms with E-state index >= 15 is 0 Å². The highest BCUT2D eigenvalue weighted by atomic mass is 16.5. The second-order valence-corrected chi connectivity index (χ2v) is 7.09. The van der Waals surface area contributed by atoms with Gasteiger partial charge in [0.25, 0.3) is 0 Å². The van der Waals surface area contributed by atoms with Crippen molar-refractivity contribution in [2.75, 3.05) is 0 Å². The van der Waals surface area contributed by atoms with Gasteiger partial charge >= 0.3 is 0 Å². The van der Waals surface area contributed by atoms with Crippen LogP contribution in [0.5, 0.6) is 0 Å². The van der Waals surface area contributed by atoms with Gasteiger partial charge in [0.15, 0.2) is 0 Å². The van der Waals surface area contributed by atoms with Crippen molar-refractivity contribution in [3.05, 3.63) is 35.2 Å². The van der Waals surface area contributed by atoms with Crippen LogP contribution in [0.3, 0.4) is 0 Å². The minimum absolute atomic E-state index is 0.0733. The van der Waals surface area contributed by atoms with E-state index in [1.165, 1.54) is 11.1 Å². The molecule has 2 N–H and O–H groups in total. The maximum absolute atomic E-state index is 10.4. The number of aliphatic hydroxyl groups excluding tert-OH is 1. The molecule has 0 bridgehead atoms. The van der Waals surface area contributed by atoms with Gasteiger partial charge in [0.1, 0.15) is 6.23 Å². The Kier molecular flexibility index (Phi) is 3.50. The largest absolute Gasteiger partial charge is 0.378 e. The number of aromatic nitrogens is 2. The third-order valence-corrected chi connectivity index (χ3v) is 5.31. The van der Waals surface area contributed by atoms with E-state index in [0.29, 0.717) is 11.7 Å². The summed E-state index contributed by atoms with van der Waals surface area (Å²) in [6.45, 7) is 4.15. The van der Waals surface area contributed by atoms with Gasteiger partial charge in [-0.2, -0.15) is 4.98 Å². The number of fused-ring (bicyclic) bond motifs is 1. The molecular weight excluding hydrogens is 290 g/mol. The highest BCUT2D eigenvalue weighted by Crippen LogP contribution is 2.48. The average molecular weight is 313 g/mol. The van der Waals surface area contributed by atoms with Gasteiger partial charge in [-0.25, -0.2) is 0 Å². The standard InChI is InChI=1S/C18H23N3O2/c1-3-15-20-16(21-23-15)12-4-6-13-11(10-12)5-7-14(13)19-17(22)18(2)8-9-18/h4,6,10,14,17,19,22H,3,5,7-9H2,1-2H3/t14-,17?/m1/s1. The smallest absolute Gasteiger partial charge is 0.226 e. The molecule has 0 saturated heterocycles. The van der Waals surface area contributed by atoms with Crippen LogP contribution in [0.25, 0.3) is 11.4 Å². The van der Waals surface area contributed by atoms with E-state index in [1.54, 1.807) is 0 Å². The minimum atomic E-state index is -0.414. The summed E-state index contributed by atoms with van der Waals surface area (Å²) in [6.07, 6.45) is 4.60. The zero-order valence-electron chi connectivity index (χ0n) is 13.7. The highest BCUT2D eigenvalue weighted by molar-refractivity contribution is 5.58. The summed E-state index contributed by atoms with van der Waals surface area (Å²) in [5, 5.41) is 17.8. The zero-order valence-corrected chi connectivity index (χ0v) is 13.7. The first-order valence-corrected chi connectivity index (χ1v) is 8.49. The van der Waals surface area contributed by atoms with Crippen LogP contribution >= 0.6 is 0 Å². The van der Waals surface area contributed by atoms with Crippen LogP contribution in [0.15, 0.2) is 22.7 Å². The first kappa shape index (κ1) is 14.8. The lowest BCUT2D eigenvalue weighted by molar-refractivity contribution is 0.0573. The number of nitrogens with one attached hydrogen (secondary N) is 1. The van der Waals surface area contributed by atoms with Gasteiger partial charge in [-0.05, 0) is 42.9 Å². The third kappa shape index (κ3) is 2.68. The first-order chi connectivity index (χ1) is 11.1. The monoisotopic (exact) mass is 313 g/mol. The molecule has 0 aliphatic heterocycles. The number of hydrogen-bond acceptors (Lipinski definition) is 5. The summed E-state index contributed by atoms with van der Waals surface area (Å²) in [4.78, 5) is 4.40. The van der Waals surface area contributed by atoms with Crippen LogP contribution in [-0.2, 0) is 12.8 Å². The van der Waals surface area contributed by atoms with Crippen molar-refractivity contribution in [3.8, 4) is 11.4 Å². The van der Waals surface area contributed by atoms with Crippen molar-refractivity contribution >= 4 is 0 Å². The molecule has 1 fully saturated rings. The van der Waals surface area contributed by atoms with Crippen LogP contribution in [0.4, 0.5) is 0 Å². The fourth-order valence-corrected chi connectivity index (χ4v) is 3.31. The molecule has 0 spiro atoms. The third-order valence-electron chi connectivity index (χ3n) is 5.31. The lowest BCUT2D eigenvalue weighted by Crippen LogP contribution is -2.37. The molecule has 5 nitrogen and oxygen atoms in total. The van der Waals surface area contributed by atoms with Gasteiger partial charge in [-0.1, -0.05) is 31.1 Å². The highest BCUT2D eigenvalue weighted by Gasteiger charge is 2.45. The van der Waals surface area contributed by atoms with Crippen molar-refractivity contribution in [3.63, 3.8) is 0 Å². The molecule has 0 amide bonds. The molecule has 1 aromatic heterocycles. The normalized spacial score (nSPS) is 22.8. The van der Waals surface area contributed by atoms with Gasteiger partial charge < -0.3 is 9.63 Å². The second kappa shape index (κ2) is 5.42. The summed E-state index contributed by atoms with van der Waals surface area (Å²) in [7, 11) is 0. The molecule has 2 aliphatic rings. The lowest BCUT2D eigenvalue weighted by atomic mass is 10.0. The Balaban J connectivity index is 1.54. The van der Waals surface area contributed by atoms with Crippen molar-refractivity contribution in [2.45, 2.75) is 58.2 Å². The molecule has 1 unspecified atom stereocenters. The Bertz CT molecular complexity index is 721. The van der Waals surface area contributed by atoms with E-state index in [-0.39, 0.29) is 11.5 Å². The average Bonchev–Trinajstić information content (AvgIpc) is 3.01. The Hall–Kier alpha value is -1.72. The SMILES string of the molecule is CCc1nc(-c2ccc3c(c2)CC[C@H]3NC(O)C2(C)CC2)no1. The predicted molar refractivity (Wildman–Crippen MR) is 86.7 cm³/mol. The van der Waals surface area contributed by atoms with Gasteiger partial charge in [-0.15, -0.1) is 0 Å². The summed E-state index contributed by atoms with van der Waals surface area (Å²) < 4.78 is 5.20. The van der Waals surface area contributed by atoms with E-state index in [4.69, 9.17) is 4.52 Å². The Morgan fingerprint density at radius 3 is 2.96 bits per heavy atom. The number of benzene rings is 1. The van der Waals surface area contributed by atoms with Crippen LogP contribution in [0.1, 0.15) is 56.2 Å². The summed E-state index contributed by atoms with van der Waals surface area (Å²) in [6, 6.07) is 6.59. The molecule has 1 saturated carbocycles. The van der Waals surface area contributed by atoms with Crippen LogP contribution in [-0.4, -0.2) is 21.5 Å². The van der Waals surface area contributed by atoms with E-state index in [2.05, 4.69) is 34.5 Å². The number of nitrogens with zero attached hydrogens (tertiary/aromatic N) is 2. The number of rotatable bonds is 5. The fraction of sp³-hybridized carbons (Fsp3) is 0.556. The summed E-state index contributed by atoms with van der Waals surface area (Å²) >= 11 is 0. The van der Waals surface area contributed by atoms with Gasteiger partial charge in [0.2, 0.25) is 11.7 Å². The molecule has 122 valence electrons. The minimum Gasteiger partial charge on any atom is -0.378 e. The Labute approximate surface area is 136 Å². The van der Waals surface area contributed by atoms with Crippen molar-refractivity contribution in [1.29, 1.82) is 0 Å². The van der Waals surface area contributed by atoms with Crippen molar-refractivity contribution in [1.82, 2.24) is 15.5 Å². The maximum atomic E-state index is 10.4. The Morgan fingerprint density at radius 1 is 1.43 bits per heavy atom. The second-order valence-electron chi connectivity index (χ2n) is 7.09. The van der Waals surface area contributed by atoms with Crippen molar-refractivity contribution in [2.24, 2.45) is 5.41 Å². The number of hydrogen-bond donors (Lipinski definition) is 2. The molecular formula is C18H23N3O2. The number of aliphatic hydroxyl groups is 1. The van der Waals surface area contributed by atoms with E-state index in [9.17, 15) is 5.11 Å². The molecule has 1 heterocycles. The lowest BCUT2D eigenvalue weighted by Gasteiger charge is -2.24. The Morgan fingerprint density at radius 2 is 2.26 bits per heavy atom. The van der Waals surface area contributed by atoms with Crippen LogP contribution < -0.4 is 5.32 Å². The molecule has 2 atom stereocenters. The number of aryl methyl sites for hydroxylation is 2. The van der Waals surface area contributed by atoms with Gasteiger partial charge in [0.05, 0.1) is 0 Å². The van der Waals surface area contributed by atoms with E-state index in [1.807, 2.05) is 13.0 Å². The van der Waals surface area contributed by atoms with Crippen LogP contribution in [0.2, 0.25) is 0 Å². The molecule has 1 aromatic carbocycles. The molecule has 2 aliphatic carbocycles. The predicted octanol–water partition coefficient (Wildman–Crippen LogP) is 2.99. The van der Waals surface area contributed by atoms with Gasteiger partial charge in [-0.3, -0.25) is 5.32 Å². The molecule has 0 radical (unpaired) electrons. The molecule has 2 aromatic rings.